The van der Waals surface area contributed by atoms with E-state index in [1.54, 1.807) is 96.1 Å². The Morgan fingerprint density at radius 1 is 0.833 bits per heavy atom. The number of hydrazine groups is 1. The van der Waals surface area contributed by atoms with E-state index in [2.05, 4.69) is 5.43 Å². The molecule has 0 radical (unpaired) electrons. The highest BCUT2D eigenvalue weighted by molar-refractivity contribution is 6.15. The van der Waals surface area contributed by atoms with E-state index < -0.39 is 40.7 Å². The molecule has 0 spiro atoms. The van der Waals surface area contributed by atoms with Crippen LogP contribution in [-0.2, 0) is 26.4 Å². The summed E-state index contributed by atoms with van der Waals surface area (Å²) in [5, 5.41) is 0.868. The molecule has 4 amide bonds. The van der Waals surface area contributed by atoms with Gasteiger partial charge in [0.2, 0.25) is 0 Å². The van der Waals surface area contributed by atoms with Crippen molar-refractivity contribution in [3.63, 3.8) is 0 Å². The number of hydrogen-bond donors (Lipinski definition) is 1. The Balaban J connectivity index is 2.05. The lowest BCUT2D eigenvalue weighted by Crippen LogP contribution is -2.68. The van der Waals surface area contributed by atoms with Crippen LogP contribution in [0.15, 0.2) is 78.9 Å². The van der Waals surface area contributed by atoms with Crippen molar-refractivity contribution in [3.8, 4) is 0 Å². The zero-order valence-corrected chi connectivity index (χ0v) is 25.1. The number of benzene rings is 3. The first-order chi connectivity index (χ1) is 19.6. The number of amides is 4. The van der Waals surface area contributed by atoms with Gasteiger partial charge in [-0.15, -0.1) is 0 Å². The van der Waals surface area contributed by atoms with Gasteiger partial charge in [0.15, 0.2) is 5.54 Å². The predicted molar refractivity (Wildman–Crippen MR) is 157 cm³/mol. The van der Waals surface area contributed by atoms with Crippen LogP contribution in [0, 0.1) is 6.92 Å². The van der Waals surface area contributed by atoms with Gasteiger partial charge in [0.25, 0.3) is 11.8 Å². The monoisotopic (exact) mass is 571 g/mol. The Hall–Kier alpha value is -4.66. The van der Waals surface area contributed by atoms with Gasteiger partial charge in [0.05, 0.1) is 6.54 Å². The highest BCUT2D eigenvalue weighted by Gasteiger charge is 2.59. The first kappa shape index (κ1) is 30.3. The largest absolute Gasteiger partial charge is 0.443 e. The van der Waals surface area contributed by atoms with Crippen LogP contribution < -0.4 is 5.43 Å². The molecule has 4 rings (SSSR count). The van der Waals surface area contributed by atoms with E-state index in [9.17, 15) is 19.2 Å². The van der Waals surface area contributed by atoms with E-state index >= 15 is 0 Å². The average Bonchev–Trinajstić information content (AvgIpc) is 2.89. The number of rotatable bonds is 4. The fourth-order valence-electron chi connectivity index (χ4n) is 4.90. The highest BCUT2D eigenvalue weighted by Crippen LogP contribution is 2.44. The summed E-state index contributed by atoms with van der Waals surface area (Å²) >= 11 is 0. The van der Waals surface area contributed by atoms with Gasteiger partial charge in [-0.3, -0.25) is 14.5 Å². The molecular formula is C33H37N3O6. The fourth-order valence-corrected chi connectivity index (χ4v) is 4.90. The number of aryl methyl sites for hydroxylation is 1. The van der Waals surface area contributed by atoms with Crippen molar-refractivity contribution in [2.45, 2.75) is 71.8 Å². The van der Waals surface area contributed by atoms with Crippen LogP contribution in [-0.4, -0.2) is 45.1 Å². The number of ether oxygens (including phenoxy) is 2. The van der Waals surface area contributed by atoms with Crippen molar-refractivity contribution in [1.29, 1.82) is 0 Å². The highest BCUT2D eigenvalue weighted by atomic mass is 16.6. The molecule has 1 N–H and O–H groups in total. The molecule has 1 aliphatic rings. The van der Waals surface area contributed by atoms with Crippen LogP contribution in [0.2, 0.25) is 0 Å². The molecule has 0 fully saturated rings. The first-order valence-corrected chi connectivity index (χ1v) is 13.7. The van der Waals surface area contributed by atoms with Crippen LogP contribution >= 0.6 is 0 Å². The second-order valence-electron chi connectivity index (χ2n) is 12.2. The van der Waals surface area contributed by atoms with Gasteiger partial charge >= 0.3 is 12.2 Å². The number of fused-ring (bicyclic) bond motifs is 1. The number of carbonyl (C=O) groups excluding carboxylic acids is 4. The van der Waals surface area contributed by atoms with Gasteiger partial charge in [-0.25, -0.2) is 15.0 Å². The minimum atomic E-state index is -2.04. The smallest absolute Gasteiger partial charge is 0.431 e. The van der Waals surface area contributed by atoms with Crippen LogP contribution in [0.25, 0.3) is 0 Å². The Labute approximate surface area is 246 Å². The topological polar surface area (TPSA) is 105 Å². The van der Waals surface area contributed by atoms with Gasteiger partial charge in [-0.05, 0) is 65.7 Å². The molecule has 42 heavy (non-hydrogen) atoms. The summed E-state index contributed by atoms with van der Waals surface area (Å²) in [6, 6.07) is 22.7. The lowest BCUT2D eigenvalue weighted by molar-refractivity contribution is -0.143. The van der Waals surface area contributed by atoms with Crippen molar-refractivity contribution >= 4 is 24.0 Å². The molecule has 1 heterocycles. The maximum Gasteiger partial charge on any atom is 0.431 e. The molecule has 0 aromatic heterocycles. The van der Waals surface area contributed by atoms with Crippen LogP contribution in [0.4, 0.5) is 9.59 Å². The summed E-state index contributed by atoms with van der Waals surface area (Å²) in [7, 11) is 0. The summed E-state index contributed by atoms with van der Waals surface area (Å²) < 4.78 is 11.3. The number of imide groups is 1. The molecule has 1 atom stereocenters. The molecule has 0 aliphatic carbocycles. The van der Waals surface area contributed by atoms with Crippen molar-refractivity contribution in [2.24, 2.45) is 0 Å². The average molecular weight is 572 g/mol. The maximum atomic E-state index is 15.0. The van der Waals surface area contributed by atoms with Gasteiger partial charge in [0, 0.05) is 11.1 Å². The molecule has 3 aromatic carbocycles. The molecule has 0 saturated heterocycles. The molecule has 9 nitrogen and oxygen atoms in total. The van der Waals surface area contributed by atoms with E-state index in [0.29, 0.717) is 11.1 Å². The second-order valence-corrected chi connectivity index (χ2v) is 12.2. The van der Waals surface area contributed by atoms with E-state index in [1.165, 1.54) is 0 Å². The minimum absolute atomic E-state index is 0.0605. The SMILES string of the molecule is Cc1cccc(C2(N(NC(=O)OC(C)(C)C)C(=O)OC(C)(C)C)C(=O)N(Cc3ccccc3)C(=O)c3ccccc32)c1. The Kier molecular flexibility index (Phi) is 8.16. The summed E-state index contributed by atoms with van der Waals surface area (Å²) in [4.78, 5) is 57.4. The van der Waals surface area contributed by atoms with Gasteiger partial charge < -0.3 is 9.47 Å². The zero-order chi connectivity index (χ0) is 30.9. The van der Waals surface area contributed by atoms with Crippen molar-refractivity contribution in [3.05, 3.63) is 107 Å². The number of nitrogens with zero attached hydrogens (tertiary/aromatic N) is 2. The van der Waals surface area contributed by atoms with E-state index in [4.69, 9.17) is 9.47 Å². The Morgan fingerprint density at radius 3 is 2.07 bits per heavy atom. The van der Waals surface area contributed by atoms with E-state index in [1.807, 2.05) is 31.2 Å². The molecular weight excluding hydrogens is 534 g/mol. The molecule has 0 bridgehead atoms. The predicted octanol–water partition coefficient (Wildman–Crippen LogP) is 6.10. The fraction of sp³-hybridized carbons (Fsp3) is 0.333. The minimum Gasteiger partial charge on any atom is -0.443 e. The van der Waals surface area contributed by atoms with Crippen molar-refractivity contribution in [2.75, 3.05) is 0 Å². The second kappa shape index (κ2) is 11.3. The van der Waals surface area contributed by atoms with Crippen molar-refractivity contribution in [1.82, 2.24) is 15.3 Å². The van der Waals surface area contributed by atoms with Gasteiger partial charge in [0.1, 0.15) is 11.2 Å². The third-order valence-electron chi connectivity index (χ3n) is 6.48. The van der Waals surface area contributed by atoms with Gasteiger partial charge in [-0.2, -0.15) is 5.01 Å². The molecule has 0 saturated carbocycles. The summed E-state index contributed by atoms with van der Waals surface area (Å²) in [5.74, 6) is -1.26. The molecule has 1 aliphatic heterocycles. The number of hydrogen-bond acceptors (Lipinski definition) is 6. The molecule has 1 unspecified atom stereocenters. The van der Waals surface area contributed by atoms with Crippen LogP contribution in [0.3, 0.4) is 0 Å². The summed E-state index contributed by atoms with van der Waals surface area (Å²) in [6.07, 6.45) is -1.98. The van der Waals surface area contributed by atoms with E-state index in [0.717, 1.165) is 15.5 Å². The number of carbonyl (C=O) groups is 4. The quantitative estimate of drug-likeness (QED) is 0.300. The molecule has 9 heteroatoms. The Morgan fingerprint density at radius 2 is 1.45 bits per heavy atom. The Bertz CT molecular complexity index is 1510. The number of nitrogens with one attached hydrogen (secondary N) is 1. The standard InChI is InChI=1S/C33H37N3O6/c1-22-14-13-17-24(20-22)33(36(30(40)42-32(5,6)7)34-29(39)41-31(2,3)4)26-19-12-11-18-25(26)27(37)35(28(33)38)21-23-15-9-8-10-16-23/h8-20H,21H2,1-7H3,(H,34,39). The third-order valence-corrected chi connectivity index (χ3v) is 6.48. The zero-order valence-electron chi connectivity index (χ0n) is 25.1. The van der Waals surface area contributed by atoms with Crippen molar-refractivity contribution < 1.29 is 28.7 Å². The normalized spacial score (nSPS) is 16.9. The van der Waals surface area contributed by atoms with Gasteiger partial charge in [-0.1, -0.05) is 78.4 Å². The lowest BCUT2D eigenvalue weighted by Gasteiger charge is -2.47. The first-order valence-electron chi connectivity index (χ1n) is 13.7. The molecule has 220 valence electrons. The molecule has 3 aromatic rings. The summed E-state index contributed by atoms with van der Waals surface area (Å²) in [6.45, 7) is 11.9. The summed E-state index contributed by atoms with van der Waals surface area (Å²) in [5.41, 5.74) is 0.875. The van der Waals surface area contributed by atoms with Crippen LogP contribution in [0.5, 0.6) is 0 Å². The van der Waals surface area contributed by atoms with Crippen LogP contribution in [0.1, 0.15) is 74.2 Å². The maximum absolute atomic E-state index is 15.0. The lowest BCUT2D eigenvalue weighted by atomic mass is 9.75. The van der Waals surface area contributed by atoms with E-state index in [-0.39, 0.29) is 17.7 Å². The third kappa shape index (κ3) is 6.15.